The quantitative estimate of drug-likeness (QED) is 0.697. The summed E-state index contributed by atoms with van der Waals surface area (Å²) >= 11 is 11.7. The fourth-order valence-corrected chi connectivity index (χ4v) is 4.99. The zero-order valence-corrected chi connectivity index (χ0v) is 18.1. The first-order valence-corrected chi connectivity index (χ1v) is 10.9. The summed E-state index contributed by atoms with van der Waals surface area (Å²) in [6.07, 6.45) is 5.18. The Morgan fingerprint density at radius 3 is 2.57 bits per heavy atom. The highest BCUT2D eigenvalue weighted by Crippen LogP contribution is 2.41. The number of halogens is 2. The van der Waals surface area contributed by atoms with Crippen LogP contribution in [-0.4, -0.2) is 46.8 Å². The summed E-state index contributed by atoms with van der Waals surface area (Å²) in [6, 6.07) is 11.4. The van der Waals surface area contributed by atoms with E-state index >= 15 is 0 Å². The first kappa shape index (κ1) is 21.1. The molecule has 1 saturated heterocycles. The van der Waals surface area contributed by atoms with Gasteiger partial charge < -0.3 is 10.6 Å². The predicted molar refractivity (Wildman–Crippen MR) is 118 cm³/mol. The zero-order chi connectivity index (χ0) is 21.3. The van der Waals surface area contributed by atoms with Crippen molar-refractivity contribution in [3.8, 4) is 0 Å². The Balaban J connectivity index is 1.44. The van der Waals surface area contributed by atoms with Gasteiger partial charge in [-0.25, -0.2) is 9.78 Å². The number of hydrogen-bond acceptors (Lipinski definition) is 4. The van der Waals surface area contributed by atoms with E-state index in [-0.39, 0.29) is 23.2 Å². The lowest BCUT2D eigenvalue weighted by atomic mass is 9.68. The molecular formula is C22H24Cl2N4O2. The molecule has 2 heterocycles. The van der Waals surface area contributed by atoms with Crippen molar-refractivity contribution in [1.82, 2.24) is 9.88 Å². The van der Waals surface area contributed by atoms with E-state index in [2.05, 4.69) is 11.1 Å². The average molecular weight is 447 g/mol. The first-order valence-electron chi connectivity index (χ1n) is 10.1. The number of rotatable bonds is 5. The minimum absolute atomic E-state index is 0.0187. The molecule has 0 atom stereocenters. The molecule has 0 unspecified atom stereocenters. The fraction of sp³-hybridized carbons (Fsp3) is 0.409. The summed E-state index contributed by atoms with van der Waals surface area (Å²) in [5, 5.41) is 0.115. The van der Waals surface area contributed by atoms with Gasteiger partial charge in [-0.1, -0.05) is 23.7 Å². The van der Waals surface area contributed by atoms with Gasteiger partial charge in [0.05, 0.1) is 11.9 Å². The van der Waals surface area contributed by atoms with E-state index in [0.717, 1.165) is 30.7 Å². The number of urea groups is 1. The Bertz CT molecular complexity index is 942. The van der Waals surface area contributed by atoms with Crippen molar-refractivity contribution in [3.63, 3.8) is 0 Å². The first-order chi connectivity index (χ1) is 14.4. The van der Waals surface area contributed by atoms with Crippen molar-refractivity contribution in [1.29, 1.82) is 0 Å². The minimum Gasteiger partial charge on any atom is -0.330 e. The van der Waals surface area contributed by atoms with Crippen molar-refractivity contribution in [3.05, 3.63) is 58.9 Å². The molecule has 2 amide bonds. The highest BCUT2D eigenvalue weighted by atomic mass is 35.5. The Morgan fingerprint density at radius 1 is 1.20 bits per heavy atom. The van der Waals surface area contributed by atoms with Gasteiger partial charge in [0, 0.05) is 36.1 Å². The number of nitrogens with two attached hydrogens (primary N) is 1. The highest BCUT2D eigenvalue weighted by molar-refractivity contribution is 6.67. The van der Waals surface area contributed by atoms with E-state index < -0.39 is 5.24 Å². The molecule has 8 heteroatoms. The van der Waals surface area contributed by atoms with Gasteiger partial charge >= 0.3 is 6.03 Å². The predicted octanol–water partition coefficient (Wildman–Crippen LogP) is 4.20. The lowest BCUT2D eigenvalue weighted by molar-refractivity contribution is 0.107. The number of carbonyl (C=O) groups is 2. The van der Waals surface area contributed by atoms with Gasteiger partial charge in [0.15, 0.2) is 0 Å². The number of amides is 2. The van der Waals surface area contributed by atoms with Crippen LogP contribution in [0.4, 0.5) is 10.5 Å². The normalized spacial score (nSPS) is 24.4. The van der Waals surface area contributed by atoms with Gasteiger partial charge in [-0.3, -0.25) is 9.69 Å². The van der Waals surface area contributed by atoms with E-state index in [1.54, 1.807) is 17.0 Å². The van der Waals surface area contributed by atoms with Gasteiger partial charge in [0.1, 0.15) is 5.69 Å². The van der Waals surface area contributed by atoms with E-state index in [9.17, 15) is 9.59 Å². The second-order valence-corrected chi connectivity index (χ2v) is 8.81. The summed E-state index contributed by atoms with van der Waals surface area (Å²) in [4.78, 5) is 32.0. The van der Waals surface area contributed by atoms with Crippen LogP contribution in [0.1, 0.15) is 41.7 Å². The molecule has 0 radical (unpaired) electrons. The van der Waals surface area contributed by atoms with Crippen LogP contribution < -0.4 is 10.6 Å². The topological polar surface area (TPSA) is 79.5 Å². The zero-order valence-electron chi connectivity index (χ0n) is 16.6. The number of anilines is 1. The van der Waals surface area contributed by atoms with E-state index in [1.807, 2.05) is 23.1 Å². The Hall–Kier alpha value is -2.15. The molecule has 0 spiro atoms. The van der Waals surface area contributed by atoms with E-state index in [0.29, 0.717) is 25.3 Å². The molecule has 0 bridgehead atoms. The maximum atomic E-state index is 13.1. The third-order valence-corrected chi connectivity index (χ3v) is 6.91. The van der Waals surface area contributed by atoms with Crippen molar-refractivity contribution in [2.75, 3.05) is 24.5 Å². The summed E-state index contributed by atoms with van der Waals surface area (Å²) in [6.45, 7) is 1.84. The number of benzene rings is 1. The van der Waals surface area contributed by atoms with E-state index in [1.165, 1.54) is 11.8 Å². The van der Waals surface area contributed by atoms with Gasteiger partial charge in [-0.05, 0) is 67.1 Å². The molecule has 2 aliphatic rings. The number of nitrogens with zero attached hydrogens (tertiary/aromatic N) is 3. The van der Waals surface area contributed by atoms with Crippen LogP contribution in [0.25, 0.3) is 0 Å². The molecule has 4 rings (SSSR count). The van der Waals surface area contributed by atoms with Crippen molar-refractivity contribution < 1.29 is 9.59 Å². The average Bonchev–Trinajstić information content (AvgIpc) is 3.15. The van der Waals surface area contributed by atoms with Crippen molar-refractivity contribution >= 4 is 40.2 Å². The van der Waals surface area contributed by atoms with Gasteiger partial charge in [0.2, 0.25) is 0 Å². The molecule has 2 aromatic rings. The molecule has 30 heavy (non-hydrogen) atoms. The number of aromatic nitrogens is 1. The monoisotopic (exact) mass is 446 g/mol. The third-order valence-electron chi connectivity index (χ3n) is 6.48. The molecule has 1 aromatic heterocycles. The third kappa shape index (κ3) is 3.92. The number of carbonyl (C=O) groups excluding carboxylic acids is 2. The van der Waals surface area contributed by atoms with Crippen LogP contribution in [-0.2, 0) is 5.41 Å². The molecule has 1 aromatic carbocycles. The van der Waals surface area contributed by atoms with E-state index in [4.69, 9.17) is 28.9 Å². The second-order valence-electron chi connectivity index (χ2n) is 8.03. The largest absolute Gasteiger partial charge is 0.330 e. The summed E-state index contributed by atoms with van der Waals surface area (Å²) < 4.78 is 0. The van der Waals surface area contributed by atoms with Crippen LogP contribution in [0.5, 0.6) is 0 Å². The number of hydrogen-bond donors (Lipinski definition) is 1. The number of pyridine rings is 1. The Labute approximate surface area is 185 Å². The molecule has 1 saturated carbocycles. The smallest absolute Gasteiger partial charge is 0.324 e. The van der Waals surface area contributed by atoms with Gasteiger partial charge in [-0.15, -0.1) is 0 Å². The summed E-state index contributed by atoms with van der Waals surface area (Å²) in [5.41, 5.74) is 8.16. The van der Waals surface area contributed by atoms with Crippen LogP contribution in [0.2, 0.25) is 5.02 Å². The fourth-order valence-electron chi connectivity index (χ4n) is 4.69. The maximum absolute atomic E-state index is 13.1. The van der Waals surface area contributed by atoms with Crippen LogP contribution in [0, 0.1) is 0 Å². The molecular weight excluding hydrogens is 423 g/mol. The Kier molecular flexibility index (Phi) is 6.00. The lowest BCUT2D eigenvalue weighted by Crippen LogP contribution is -2.46. The maximum Gasteiger partial charge on any atom is 0.324 e. The molecule has 2 N–H and O–H groups in total. The molecule has 158 valence electrons. The summed E-state index contributed by atoms with van der Waals surface area (Å²) in [7, 11) is 0. The van der Waals surface area contributed by atoms with Crippen LogP contribution in [0.3, 0.4) is 0 Å². The lowest BCUT2D eigenvalue weighted by Gasteiger charge is -2.42. The molecule has 2 fully saturated rings. The molecule has 1 aliphatic carbocycles. The molecule has 6 nitrogen and oxygen atoms in total. The van der Waals surface area contributed by atoms with Crippen LogP contribution in [0.15, 0.2) is 42.6 Å². The standard InChI is InChI=1S/C22H24Cl2N4O2/c23-16-3-1-2-15(12-16)22(14-25)8-6-17(7-9-22)27-10-11-28(21(27)30)18-4-5-19(20(24)29)26-13-18/h1-5,12-13,17H,6-11,14,25H2. The van der Waals surface area contributed by atoms with Gasteiger partial charge in [0.25, 0.3) is 5.24 Å². The Morgan fingerprint density at radius 2 is 1.97 bits per heavy atom. The highest BCUT2D eigenvalue weighted by Gasteiger charge is 2.41. The SMILES string of the molecule is NCC1(c2cccc(Cl)c2)CCC(N2CCN(c3ccc(C(=O)Cl)nc3)C2=O)CC1. The van der Waals surface area contributed by atoms with Gasteiger partial charge in [-0.2, -0.15) is 0 Å². The second kappa shape index (κ2) is 8.53. The van der Waals surface area contributed by atoms with Crippen molar-refractivity contribution in [2.24, 2.45) is 5.73 Å². The summed E-state index contributed by atoms with van der Waals surface area (Å²) in [5.74, 6) is 0. The van der Waals surface area contributed by atoms with Crippen molar-refractivity contribution in [2.45, 2.75) is 37.1 Å². The molecule has 1 aliphatic heterocycles. The minimum atomic E-state index is -0.610. The van der Waals surface area contributed by atoms with Crippen LogP contribution >= 0.6 is 23.2 Å².